The molecule has 0 amide bonds. The molecule has 0 saturated heterocycles. The molecule has 0 atom stereocenters. The standard InChI is InChI=1S/C5H2ClN3S/c6-4-3(1-7)5(10)9-2-8-4/h2H,(H,8,9,10). The van der Waals surface area contributed by atoms with Crippen molar-refractivity contribution in [3.05, 3.63) is 21.7 Å². The summed E-state index contributed by atoms with van der Waals surface area (Å²) in [5.74, 6) is 0. The monoisotopic (exact) mass is 171 g/mol. The third-order valence-electron chi connectivity index (χ3n) is 0.918. The molecule has 1 aromatic heterocycles. The van der Waals surface area contributed by atoms with Gasteiger partial charge in [0.15, 0.2) is 0 Å². The van der Waals surface area contributed by atoms with E-state index in [4.69, 9.17) is 29.1 Å². The molecule has 0 saturated carbocycles. The van der Waals surface area contributed by atoms with Crippen molar-refractivity contribution in [1.82, 2.24) is 9.97 Å². The highest BCUT2D eigenvalue weighted by Gasteiger charge is 1.99. The van der Waals surface area contributed by atoms with Gasteiger partial charge in [0.25, 0.3) is 0 Å². The number of halogens is 1. The highest BCUT2D eigenvalue weighted by Crippen LogP contribution is 2.09. The summed E-state index contributed by atoms with van der Waals surface area (Å²) in [5.41, 5.74) is 0.221. The number of rotatable bonds is 0. The SMILES string of the molecule is N#Cc1c(Cl)[nH]cnc1=S. The van der Waals surface area contributed by atoms with Crippen LogP contribution >= 0.6 is 23.8 Å². The van der Waals surface area contributed by atoms with Gasteiger partial charge in [0.1, 0.15) is 21.4 Å². The van der Waals surface area contributed by atoms with Crippen LogP contribution in [0.4, 0.5) is 0 Å². The summed E-state index contributed by atoms with van der Waals surface area (Å²) in [6.07, 6.45) is 1.35. The summed E-state index contributed by atoms with van der Waals surface area (Å²) in [5, 5.41) is 8.68. The minimum absolute atomic E-state index is 0.221. The molecule has 0 aliphatic carbocycles. The highest BCUT2D eigenvalue weighted by molar-refractivity contribution is 7.71. The van der Waals surface area contributed by atoms with E-state index in [2.05, 4.69) is 9.97 Å². The van der Waals surface area contributed by atoms with Crippen molar-refractivity contribution in [3.8, 4) is 6.07 Å². The van der Waals surface area contributed by atoms with Gasteiger partial charge in [0.05, 0.1) is 6.33 Å². The Morgan fingerprint density at radius 2 is 2.50 bits per heavy atom. The zero-order valence-corrected chi connectivity index (χ0v) is 6.33. The molecule has 0 aliphatic rings. The van der Waals surface area contributed by atoms with Crippen molar-refractivity contribution in [2.45, 2.75) is 0 Å². The Morgan fingerprint density at radius 1 is 1.80 bits per heavy atom. The average molecular weight is 172 g/mol. The third kappa shape index (κ3) is 1.15. The van der Waals surface area contributed by atoms with Crippen LogP contribution in [-0.2, 0) is 0 Å². The van der Waals surface area contributed by atoms with Gasteiger partial charge in [-0.2, -0.15) is 5.26 Å². The maximum atomic E-state index is 8.44. The van der Waals surface area contributed by atoms with E-state index < -0.39 is 0 Å². The number of hydrogen-bond acceptors (Lipinski definition) is 3. The Labute approximate surface area is 67.3 Å². The molecule has 50 valence electrons. The third-order valence-corrected chi connectivity index (χ3v) is 1.53. The first-order valence-electron chi connectivity index (χ1n) is 2.39. The largest absolute Gasteiger partial charge is 0.336 e. The van der Waals surface area contributed by atoms with Crippen LogP contribution < -0.4 is 0 Å². The van der Waals surface area contributed by atoms with Crippen LogP contribution in [0, 0.1) is 16.0 Å². The van der Waals surface area contributed by atoms with Gasteiger partial charge >= 0.3 is 0 Å². The zero-order chi connectivity index (χ0) is 7.56. The smallest absolute Gasteiger partial charge is 0.148 e. The fourth-order valence-corrected chi connectivity index (χ4v) is 0.912. The van der Waals surface area contributed by atoms with Crippen molar-refractivity contribution in [2.24, 2.45) is 0 Å². The van der Waals surface area contributed by atoms with Crippen LogP contribution in [0.5, 0.6) is 0 Å². The quantitative estimate of drug-likeness (QED) is 0.477. The Kier molecular flexibility index (Phi) is 2.00. The number of hydrogen-bond donors (Lipinski definition) is 1. The van der Waals surface area contributed by atoms with Gasteiger partial charge in [-0.3, -0.25) is 0 Å². The van der Waals surface area contributed by atoms with Crippen molar-refractivity contribution >= 4 is 23.8 Å². The van der Waals surface area contributed by atoms with Crippen LogP contribution in [0.1, 0.15) is 5.56 Å². The van der Waals surface area contributed by atoms with Gasteiger partial charge in [0, 0.05) is 0 Å². The summed E-state index contributed by atoms with van der Waals surface area (Å²) < 4.78 is 0.228. The van der Waals surface area contributed by atoms with E-state index in [1.165, 1.54) is 6.33 Å². The van der Waals surface area contributed by atoms with E-state index in [0.29, 0.717) is 0 Å². The minimum atomic E-state index is 0.221. The molecule has 0 unspecified atom stereocenters. The van der Waals surface area contributed by atoms with E-state index in [1.54, 1.807) is 0 Å². The molecule has 0 fully saturated rings. The normalized spacial score (nSPS) is 8.80. The lowest BCUT2D eigenvalue weighted by atomic mass is 10.4. The van der Waals surface area contributed by atoms with Gasteiger partial charge in [0.2, 0.25) is 0 Å². The first-order chi connectivity index (χ1) is 4.75. The molecule has 1 aromatic rings. The fourth-order valence-electron chi connectivity index (χ4n) is 0.475. The summed E-state index contributed by atoms with van der Waals surface area (Å²) in [7, 11) is 0. The van der Waals surface area contributed by atoms with Gasteiger partial charge in [-0.05, 0) is 0 Å². The van der Waals surface area contributed by atoms with Crippen molar-refractivity contribution < 1.29 is 0 Å². The van der Waals surface area contributed by atoms with Crippen molar-refractivity contribution in [3.63, 3.8) is 0 Å². The molecule has 1 N–H and O–H groups in total. The molecule has 0 spiro atoms. The molecule has 0 aliphatic heterocycles. The van der Waals surface area contributed by atoms with Crippen LogP contribution in [0.25, 0.3) is 0 Å². The second-order valence-corrected chi connectivity index (χ2v) is 2.27. The Balaban J connectivity index is 3.50. The predicted octanol–water partition coefficient (Wildman–Crippen LogP) is 1.66. The van der Waals surface area contributed by atoms with Crippen LogP contribution in [0.3, 0.4) is 0 Å². The lowest BCUT2D eigenvalue weighted by Gasteiger charge is -1.90. The number of nitriles is 1. The van der Waals surface area contributed by atoms with E-state index in [-0.39, 0.29) is 15.4 Å². The molecule has 5 heteroatoms. The molecular weight excluding hydrogens is 170 g/mol. The summed E-state index contributed by atoms with van der Waals surface area (Å²) in [6, 6.07) is 1.83. The molecule has 0 aromatic carbocycles. The fraction of sp³-hybridized carbons (Fsp3) is 0. The topological polar surface area (TPSA) is 52.5 Å². The van der Waals surface area contributed by atoms with Gasteiger partial charge in [-0.15, -0.1) is 0 Å². The number of nitrogens with zero attached hydrogens (tertiary/aromatic N) is 2. The number of H-pyrrole nitrogens is 1. The van der Waals surface area contributed by atoms with Crippen LogP contribution in [0.15, 0.2) is 6.33 Å². The zero-order valence-electron chi connectivity index (χ0n) is 4.76. The maximum absolute atomic E-state index is 8.44. The molecule has 0 radical (unpaired) electrons. The van der Waals surface area contributed by atoms with Crippen LogP contribution in [-0.4, -0.2) is 9.97 Å². The summed E-state index contributed by atoms with van der Waals surface area (Å²) in [6.45, 7) is 0. The molecule has 1 heterocycles. The van der Waals surface area contributed by atoms with Gasteiger partial charge < -0.3 is 4.98 Å². The van der Waals surface area contributed by atoms with Gasteiger partial charge in [-0.25, -0.2) is 4.98 Å². The van der Waals surface area contributed by atoms with E-state index in [9.17, 15) is 0 Å². The number of nitrogens with one attached hydrogen (secondary N) is 1. The first kappa shape index (κ1) is 7.19. The highest BCUT2D eigenvalue weighted by atomic mass is 35.5. The lowest BCUT2D eigenvalue weighted by Crippen LogP contribution is -1.85. The summed E-state index contributed by atoms with van der Waals surface area (Å²) >= 11 is 10.2. The van der Waals surface area contributed by atoms with Crippen LogP contribution in [0.2, 0.25) is 5.15 Å². The Hall–Kier alpha value is -0.920. The predicted molar refractivity (Wildman–Crippen MR) is 39.1 cm³/mol. The van der Waals surface area contributed by atoms with Gasteiger partial charge in [-0.1, -0.05) is 23.8 Å². The average Bonchev–Trinajstić information content (AvgIpc) is 1.88. The minimum Gasteiger partial charge on any atom is -0.336 e. The first-order valence-corrected chi connectivity index (χ1v) is 3.17. The lowest BCUT2D eigenvalue weighted by molar-refractivity contribution is 1.13. The van der Waals surface area contributed by atoms with E-state index >= 15 is 0 Å². The molecule has 3 nitrogen and oxygen atoms in total. The maximum Gasteiger partial charge on any atom is 0.148 e. The molecule has 0 bridgehead atoms. The Morgan fingerprint density at radius 3 is 2.90 bits per heavy atom. The molecule has 1 rings (SSSR count). The van der Waals surface area contributed by atoms with E-state index in [0.717, 1.165) is 0 Å². The number of aromatic nitrogens is 2. The van der Waals surface area contributed by atoms with E-state index in [1.807, 2.05) is 6.07 Å². The molecular formula is C5H2ClN3S. The van der Waals surface area contributed by atoms with Crippen molar-refractivity contribution in [1.29, 1.82) is 5.26 Å². The second-order valence-electron chi connectivity index (χ2n) is 1.51. The molecule has 10 heavy (non-hydrogen) atoms. The second kappa shape index (κ2) is 2.78. The van der Waals surface area contributed by atoms with Crippen molar-refractivity contribution in [2.75, 3.05) is 0 Å². The Bertz CT molecular complexity index is 337. The number of aromatic amines is 1. The summed E-state index contributed by atoms with van der Waals surface area (Å²) in [4.78, 5) is 6.22.